The number of morpholine rings is 1. The van der Waals surface area contributed by atoms with Gasteiger partial charge in [0, 0.05) is 31.1 Å². The summed E-state index contributed by atoms with van der Waals surface area (Å²) in [6, 6.07) is 3.27. The van der Waals surface area contributed by atoms with Gasteiger partial charge in [0.25, 0.3) is 5.91 Å². The smallest absolute Gasteiger partial charge is 0.305 e. The van der Waals surface area contributed by atoms with Gasteiger partial charge in [-0.05, 0) is 38.3 Å². The van der Waals surface area contributed by atoms with Crippen LogP contribution < -0.4 is 4.87 Å². The molecule has 2 aromatic heterocycles. The molecule has 1 spiro atoms. The third-order valence-electron chi connectivity index (χ3n) is 9.43. The van der Waals surface area contributed by atoms with Crippen molar-refractivity contribution < 1.29 is 19.7 Å². The Balaban J connectivity index is 0.891. The van der Waals surface area contributed by atoms with E-state index in [1.165, 1.54) is 56.3 Å². The number of unbranched alkanes of at least 4 members (excludes halogenated alkanes) is 8. The van der Waals surface area contributed by atoms with Crippen molar-refractivity contribution in [3.05, 3.63) is 43.4 Å². The maximum atomic E-state index is 13.2. The Bertz CT molecular complexity index is 1440. The minimum atomic E-state index is -0.619. The molecule has 11 heteroatoms. The lowest BCUT2D eigenvalue weighted by Gasteiger charge is -2.47. The summed E-state index contributed by atoms with van der Waals surface area (Å²) in [6.07, 6.45) is 14.5. The molecule has 0 unspecified atom stereocenters. The van der Waals surface area contributed by atoms with Gasteiger partial charge in [0.1, 0.15) is 16.1 Å². The SMILES string of the molecule is CC(C)c1ncc(C(=O)N2CCOC3(CCN(CCCCCCCCCCC[C@H](O)c4ccc(O)c5[nH]c(=O)sc45)CC3)C2)s1. The van der Waals surface area contributed by atoms with Crippen molar-refractivity contribution in [3.8, 4) is 5.75 Å². The molecule has 0 radical (unpaired) electrons. The lowest BCUT2D eigenvalue weighted by Crippen LogP contribution is -2.58. The number of phenolic OH excluding ortho intramolecular Hbond substituents is 1. The van der Waals surface area contributed by atoms with Crippen LogP contribution in [0.2, 0.25) is 0 Å². The number of amides is 1. The van der Waals surface area contributed by atoms with Crippen molar-refractivity contribution in [2.45, 2.75) is 109 Å². The van der Waals surface area contributed by atoms with Crippen molar-refractivity contribution in [1.29, 1.82) is 0 Å². The Hall–Kier alpha value is -2.31. The molecule has 2 fully saturated rings. The first-order chi connectivity index (χ1) is 21.7. The number of H-pyrrole nitrogens is 1. The Morgan fingerprint density at radius 1 is 1.02 bits per heavy atom. The number of benzene rings is 1. The minimum Gasteiger partial charge on any atom is -0.506 e. The van der Waals surface area contributed by atoms with Gasteiger partial charge in [-0.2, -0.15) is 0 Å². The summed E-state index contributed by atoms with van der Waals surface area (Å²) in [4.78, 5) is 37.1. The van der Waals surface area contributed by atoms with Crippen molar-refractivity contribution in [1.82, 2.24) is 19.8 Å². The highest BCUT2D eigenvalue weighted by Crippen LogP contribution is 2.34. The van der Waals surface area contributed by atoms with Gasteiger partial charge in [-0.1, -0.05) is 82.6 Å². The zero-order valence-electron chi connectivity index (χ0n) is 26.9. The molecule has 3 aromatic rings. The number of nitrogens with zero attached hydrogens (tertiary/aromatic N) is 3. The largest absolute Gasteiger partial charge is 0.506 e. The number of aliphatic hydroxyl groups excluding tert-OH is 1. The summed E-state index contributed by atoms with van der Waals surface area (Å²) < 4.78 is 6.96. The third-order valence-corrected chi connectivity index (χ3v) is 11.6. The van der Waals surface area contributed by atoms with Gasteiger partial charge in [0.05, 0.1) is 40.8 Å². The number of aromatic amines is 1. The molecule has 5 rings (SSSR count). The Labute approximate surface area is 274 Å². The van der Waals surface area contributed by atoms with Gasteiger partial charge in [0.15, 0.2) is 0 Å². The van der Waals surface area contributed by atoms with Crippen LogP contribution in [0.1, 0.15) is 123 Å². The molecule has 3 N–H and O–H groups in total. The molecule has 2 aliphatic heterocycles. The number of hydrogen-bond acceptors (Lipinski definition) is 9. The van der Waals surface area contributed by atoms with E-state index in [-0.39, 0.29) is 22.1 Å². The van der Waals surface area contributed by atoms with E-state index in [0.29, 0.717) is 42.3 Å². The van der Waals surface area contributed by atoms with E-state index in [0.717, 1.165) is 72.1 Å². The van der Waals surface area contributed by atoms with Crippen LogP contribution in [-0.2, 0) is 4.74 Å². The van der Waals surface area contributed by atoms with Crippen molar-refractivity contribution in [2.24, 2.45) is 0 Å². The Morgan fingerprint density at radius 3 is 2.40 bits per heavy atom. The number of carbonyl (C=O) groups excluding carboxylic acids is 1. The molecule has 2 aliphatic rings. The summed E-state index contributed by atoms with van der Waals surface area (Å²) in [7, 11) is 0. The van der Waals surface area contributed by atoms with Gasteiger partial charge in [-0.25, -0.2) is 4.98 Å². The quantitative estimate of drug-likeness (QED) is 0.153. The second kappa shape index (κ2) is 16.0. The van der Waals surface area contributed by atoms with Gasteiger partial charge >= 0.3 is 4.87 Å². The van der Waals surface area contributed by atoms with Crippen LogP contribution in [0, 0.1) is 0 Å². The zero-order valence-corrected chi connectivity index (χ0v) is 28.5. The number of likely N-dealkylation sites (tertiary alicyclic amines) is 1. The minimum absolute atomic E-state index is 0.0453. The van der Waals surface area contributed by atoms with Crippen molar-refractivity contribution in [3.63, 3.8) is 0 Å². The highest BCUT2D eigenvalue weighted by atomic mass is 32.1. The van der Waals surface area contributed by atoms with E-state index in [1.807, 2.05) is 4.90 Å². The van der Waals surface area contributed by atoms with E-state index in [1.54, 1.807) is 18.3 Å². The van der Waals surface area contributed by atoms with Crippen molar-refractivity contribution >= 4 is 38.8 Å². The number of aliphatic hydroxyl groups is 1. The van der Waals surface area contributed by atoms with Gasteiger partial charge in [0.2, 0.25) is 0 Å². The van der Waals surface area contributed by atoms with E-state index >= 15 is 0 Å². The number of ether oxygens (including phenoxy) is 1. The van der Waals surface area contributed by atoms with Crippen LogP contribution in [0.3, 0.4) is 0 Å². The van der Waals surface area contributed by atoms with Gasteiger partial charge in [-0.15, -0.1) is 11.3 Å². The molecule has 9 nitrogen and oxygen atoms in total. The first kappa shape index (κ1) is 34.0. The number of hydrogen-bond donors (Lipinski definition) is 3. The van der Waals surface area contributed by atoms with Crippen LogP contribution in [-0.4, -0.2) is 80.8 Å². The molecular formula is C34H50N4O5S2. The number of fused-ring (bicyclic) bond motifs is 1. The summed E-state index contributed by atoms with van der Waals surface area (Å²) in [5, 5.41) is 21.6. The predicted molar refractivity (Wildman–Crippen MR) is 182 cm³/mol. The standard InChI is InChI=1S/C34H50N4O5S2/c1-24(2)31-35-22-28(44-31)32(41)38-20-21-43-34(23-38)15-18-37(19-16-34)17-11-9-7-5-3-4-6-8-10-12-26(39)25-13-14-27(40)29-30(25)45-33(42)36-29/h13-14,22,24,26,39-40H,3-12,15-21,23H2,1-2H3,(H,36,42)/t26-/m0/s1. The van der Waals surface area contributed by atoms with E-state index in [4.69, 9.17) is 4.74 Å². The van der Waals surface area contributed by atoms with Crippen LogP contribution in [0.15, 0.2) is 23.1 Å². The van der Waals surface area contributed by atoms with E-state index in [2.05, 4.69) is 28.7 Å². The fraction of sp³-hybridized carbons (Fsp3) is 0.676. The summed E-state index contributed by atoms with van der Waals surface area (Å²) >= 11 is 2.57. The normalized spacial score (nSPS) is 17.9. The molecule has 45 heavy (non-hydrogen) atoms. The molecule has 0 aliphatic carbocycles. The van der Waals surface area contributed by atoms with Crippen molar-refractivity contribution in [2.75, 3.05) is 39.3 Å². The fourth-order valence-corrected chi connectivity index (χ4v) is 8.49. The molecule has 2 saturated heterocycles. The number of thiazole rings is 2. The second-order valence-electron chi connectivity index (χ2n) is 13.2. The monoisotopic (exact) mass is 658 g/mol. The number of carbonyl (C=O) groups is 1. The maximum absolute atomic E-state index is 13.2. The lowest BCUT2D eigenvalue weighted by molar-refractivity contribution is -0.127. The Morgan fingerprint density at radius 2 is 1.71 bits per heavy atom. The molecule has 1 atom stereocenters. The summed E-state index contributed by atoms with van der Waals surface area (Å²) in [5.74, 6) is 0.491. The number of piperidine rings is 1. The summed E-state index contributed by atoms with van der Waals surface area (Å²) in [5.41, 5.74) is 0.953. The molecule has 0 bridgehead atoms. The topological polar surface area (TPSA) is 119 Å². The molecule has 4 heterocycles. The average Bonchev–Trinajstić information content (AvgIpc) is 3.68. The van der Waals surface area contributed by atoms with Crippen LogP contribution in [0.25, 0.3) is 10.2 Å². The molecule has 1 amide bonds. The van der Waals surface area contributed by atoms with Crippen LogP contribution >= 0.6 is 22.7 Å². The first-order valence-corrected chi connectivity index (χ1v) is 18.5. The molecule has 1 aromatic carbocycles. The van der Waals surface area contributed by atoms with E-state index < -0.39 is 6.10 Å². The molecule has 0 saturated carbocycles. The lowest BCUT2D eigenvalue weighted by atomic mass is 9.89. The Kier molecular flexibility index (Phi) is 12.1. The highest BCUT2D eigenvalue weighted by Gasteiger charge is 2.41. The van der Waals surface area contributed by atoms with E-state index in [9.17, 15) is 19.8 Å². The number of aromatic hydroxyl groups is 1. The molecular weight excluding hydrogens is 609 g/mol. The van der Waals surface area contributed by atoms with Crippen LogP contribution in [0.5, 0.6) is 5.75 Å². The maximum Gasteiger partial charge on any atom is 0.305 e. The predicted octanol–water partition coefficient (Wildman–Crippen LogP) is 6.82. The van der Waals surface area contributed by atoms with Gasteiger partial charge in [-0.3, -0.25) is 9.59 Å². The number of nitrogens with one attached hydrogen (secondary N) is 1. The number of aromatic nitrogens is 2. The van der Waals surface area contributed by atoms with Gasteiger partial charge < -0.3 is 29.7 Å². The molecule has 248 valence electrons. The number of rotatable bonds is 15. The number of phenols is 1. The van der Waals surface area contributed by atoms with Crippen LogP contribution in [0.4, 0.5) is 0 Å². The average molecular weight is 659 g/mol. The third kappa shape index (κ3) is 8.94. The summed E-state index contributed by atoms with van der Waals surface area (Å²) in [6.45, 7) is 9.41. The second-order valence-corrected chi connectivity index (χ2v) is 15.2. The first-order valence-electron chi connectivity index (χ1n) is 16.9. The fourth-order valence-electron chi connectivity index (χ4n) is 6.68. The highest BCUT2D eigenvalue weighted by molar-refractivity contribution is 7.16. The zero-order chi connectivity index (χ0) is 31.8.